The van der Waals surface area contributed by atoms with Crippen LogP contribution in [0.3, 0.4) is 0 Å². The van der Waals surface area contributed by atoms with Crippen LogP contribution in [0.4, 0.5) is 4.79 Å². The molecule has 0 bridgehead atoms. The van der Waals surface area contributed by atoms with Gasteiger partial charge in [-0.3, -0.25) is 10.1 Å². The van der Waals surface area contributed by atoms with Crippen molar-refractivity contribution < 1.29 is 14.3 Å². The van der Waals surface area contributed by atoms with Gasteiger partial charge < -0.3 is 4.74 Å². The lowest BCUT2D eigenvalue weighted by Crippen LogP contribution is -2.19. The lowest BCUT2D eigenvalue weighted by Gasteiger charge is -1.89. The van der Waals surface area contributed by atoms with Gasteiger partial charge in [-0.15, -0.1) is 0 Å². The van der Waals surface area contributed by atoms with Gasteiger partial charge in [-0.1, -0.05) is 0 Å². The summed E-state index contributed by atoms with van der Waals surface area (Å²) in [6.45, 7) is 0. The molecule has 1 N–H and O–H groups in total. The molecule has 0 rings (SSSR count). The summed E-state index contributed by atoms with van der Waals surface area (Å²) in [5.41, 5.74) is 0. The molecule has 4 heteroatoms. The Bertz CT molecular complexity index is 80.2. The molecule has 1 radical (unpaired) electrons. The predicted molar refractivity (Wildman–Crippen MR) is 21.0 cm³/mol. The number of ether oxygens (including phenoxy) is 1. The summed E-state index contributed by atoms with van der Waals surface area (Å²) < 4.78 is 3.76. The standard InChI is InChI=1S/C3H4NO3/c1-7-3(6)4-2-5/h2H,1H2,(H,4,5,6). The van der Waals surface area contributed by atoms with Gasteiger partial charge in [0.1, 0.15) is 7.11 Å². The summed E-state index contributed by atoms with van der Waals surface area (Å²) >= 11 is 0. The minimum atomic E-state index is -0.852. The second kappa shape index (κ2) is 3.14. The number of hydrogen-bond donors (Lipinski definition) is 1. The molecule has 0 atom stereocenters. The third-order valence-electron chi connectivity index (χ3n) is 0.308. The summed E-state index contributed by atoms with van der Waals surface area (Å²) in [4.78, 5) is 19.1. The first-order valence-corrected chi connectivity index (χ1v) is 1.47. The molecule has 4 nitrogen and oxygen atoms in total. The van der Waals surface area contributed by atoms with E-state index in [1.165, 1.54) is 0 Å². The third-order valence-corrected chi connectivity index (χ3v) is 0.308. The lowest BCUT2D eigenvalue weighted by atomic mass is 11.1. The van der Waals surface area contributed by atoms with Crippen molar-refractivity contribution in [2.75, 3.05) is 0 Å². The van der Waals surface area contributed by atoms with E-state index < -0.39 is 6.09 Å². The van der Waals surface area contributed by atoms with E-state index in [1.807, 2.05) is 0 Å². The van der Waals surface area contributed by atoms with E-state index in [-0.39, 0.29) is 6.41 Å². The van der Waals surface area contributed by atoms with Crippen molar-refractivity contribution in [3.63, 3.8) is 0 Å². The van der Waals surface area contributed by atoms with Crippen molar-refractivity contribution in [2.45, 2.75) is 0 Å². The quantitative estimate of drug-likeness (QED) is 0.461. The van der Waals surface area contributed by atoms with Crippen LogP contribution < -0.4 is 5.32 Å². The Labute approximate surface area is 40.5 Å². The van der Waals surface area contributed by atoms with E-state index >= 15 is 0 Å². The molecule has 7 heavy (non-hydrogen) atoms. The van der Waals surface area contributed by atoms with Crippen molar-refractivity contribution in [3.05, 3.63) is 7.11 Å². The summed E-state index contributed by atoms with van der Waals surface area (Å²) in [5.74, 6) is 0. The van der Waals surface area contributed by atoms with Gasteiger partial charge in [0.25, 0.3) is 0 Å². The number of alkyl carbamates (subject to hydrolysis) is 1. The zero-order valence-electron chi connectivity index (χ0n) is 3.51. The van der Waals surface area contributed by atoms with Gasteiger partial charge in [-0.05, 0) is 0 Å². The Kier molecular flexibility index (Phi) is 2.67. The van der Waals surface area contributed by atoms with E-state index in [1.54, 1.807) is 5.32 Å². The highest BCUT2D eigenvalue weighted by atomic mass is 16.5. The number of carbonyl (C=O) groups excluding carboxylic acids is 2. The van der Waals surface area contributed by atoms with Crippen LogP contribution in [0.15, 0.2) is 0 Å². The van der Waals surface area contributed by atoms with Gasteiger partial charge in [0.2, 0.25) is 6.41 Å². The largest absolute Gasteiger partial charge is 0.446 e. The highest BCUT2D eigenvalue weighted by Gasteiger charge is 1.90. The number of imide groups is 1. The van der Waals surface area contributed by atoms with Crippen LogP contribution in [0.2, 0.25) is 0 Å². The molecular weight excluding hydrogens is 98.0 g/mol. The van der Waals surface area contributed by atoms with Crippen molar-refractivity contribution in [1.29, 1.82) is 0 Å². The van der Waals surface area contributed by atoms with Gasteiger partial charge in [0, 0.05) is 0 Å². The first-order chi connectivity index (χ1) is 3.31. The molecule has 0 unspecified atom stereocenters. The number of carbonyl (C=O) groups is 2. The van der Waals surface area contributed by atoms with Crippen LogP contribution in [0, 0.1) is 7.11 Å². The van der Waals surface area contributed by atoms with Crippen molar-refractivity contribution in [3.8, 4) is 0 Å². The van der Waals surface area contributed by atoms with Crippen LogP contribution >= 0.6 is 0 Å². The Hall–Kier alpha value is -1.06. The Morgan fingerprint density at radius 2 is 2.43 bits per heavy atom. The maximum atomic E-state index is 9.78. The molecule has 0 saturated carbocycles. The molecular formula is C3H4NO3. The molecule has 0 fully saturated rings. The topological polar surface area (TPSA) is 55.4 Å². The second-order valence-electron chi connectivity index (χ2n) is 0.694. The molecule has 0 aromatic heterocycles. The zero-order chi connectivity index (χ0) is 5.70. The molecule has 2 amide bonds. The summed E-state index contributed by atoms with van der Waals surface area (Å²) in [6.07, 6.45) is -0.636. The average molecular weight is 102 g/mol. The molecule has 0 aliphatic heterocycles. The van der Waals surface area contributed by atoms with Crippen LogP contribution in [-0.2, 0) is 9.53 Å². The Morgan fingerprint density at radius 1 is 1.86 bits per heavy atom. The first-order valence-electron chi connectivity index (χ1n) is 1.47. The van der Waals surface area contributed by atoms with Gasteiger partial charge in [-0.25, -0.2) is 4.79 Å². The van der Waals surface area contributed by atoms with Gasteiger partial charge in [-0.2, -0.15) is 0 Å². The molecule has 0 heterocycles. The number of rotatable bonds is 1. The fraction of sp³-hybridized carbons (Fsp3) is 0. The van der Waals surface area contributed by atoms with Crippen molar-refractivity contribution in [2.24, 2.45) is 0 Å². The molecule has 0 saturated heterocycles. The summed E-state index contributed by atoms with van der Waals surface area (Å²) in [7, 11) is 2.73. The maximum Gasteiger partial charge on any atom is 0.413 e. The second-order valence-corrected chi connectivity index (χ2v) is 0.694. The number of hydrogen-bond acceptors (Lipinski definition) is 3. The fourth-order valence-corrected chi connectivity index (χ4v) is 0.0898. The van der Waals surface area contributed by atoms with Gasteiger partial charge >= 0.3 is 6.09 Å². The van der Waals surface area contributed by atoms with E-state index in [0.717, 1.165) is 0 Å². The Morgan fingerprint density at radius 3 is 2.57 bits per heavy atom. The van der Waals surface area contributed by atoms with E-state index in [9.17, 15) is 9.59 Å². The minimum absolute atomic E-state index is 0.216. The summed E-state index contributed by atoms with van der Waals surface area (Å²) in [6, 6.07) is 0. The Balaban J connectivity index is 3.17. The summed E-state index contributed by atoms with van der Waals surface area (Å²) in [5, 5.41) is 1.69. The van der Waals surface area contributed by atoms with Crippen LogP contribution in [0.25, 0.3) is 0 Å². The molecule has 0 aromatic rings. The number of nitrogens with one attached hydrogen (secondary N) is 1. The normalized spacial score (nSPS) is 7.00. The molecule has 39 valence electrons. The van der Waals surface area contributed by atoms with Gasteiger partial charge in [0.15, 0.2) is 0 Å². The van der Waals surface area contributed by atoms with Crippen LogP contribution in [0.1, 0.15) is 0 Å². The van der Waals surface area contributed by atoms with E-state index in [2.05, 4.69) is 11.8 Å². The molecule has 0 aliphatic carbocycles. The maximum absolute atomic E-state index is 9.78. The minimum Gasteiger partial charge on any atom is -0.446 e. The number of amides is 2. The fourth-order valence-electron chi connectivity index (χ4n) is 0.0898. The molecule has 0 spiro atoms. The van der Waals surface area contributed by atoms with Crippen LogP contribution in [0.5, 0.6) is 0 Å². The van der Waals surface area contributed by atoms with Crippen molar-refractivity contribution >= 4 is 12.5 Å². The van der Waals surface area contributed by atoms with Crippen LogP contribution in [-0.4, -0.2) is 12.5 Å². The van der Waals surface area contributed by atoms with Crippen molar-refractivity contribution in [1.82, 2.24) is 5.32 Å². The lowest BCUT2D eigenvalue weighted by molar-refractivity contribution is -0.108. The predicted octanol–water partition coefficient (Wildman–Crippen LogP) is -0.339. The SMILES string of the molecule is [CH2]OC(=O)NC=O. The smallest absolute Gasteiger partial charge is 0.413 e. The molecule has 0 aromatic carbocycles. The molecule has 0 aliphatic rings. The monoisotopic (exact) mass is 102 g/mol. The zero-order valence-corrected chi connectivity index (χ0v) is 3.51. The highest BCUT2D eigenvalue weighted by molar-refractivity contribution is 5.79. The third kappa shape index (κ3) is 2.75. The van der Waals surface area contributed by atoms with E-state index in [4.69, 9.17) is 0 Å². The average Bonchev–Trinajstić information content (AvgIpc) is 1.68. The van der Waals surface area contributed by atoms with E-state index in [0.29, 0.717) is 0 Å². The highest BCUT2D eigenvalue weighted by Crippen LogP contribution is 1.65. The first kappa shape index (κ1) is 5.94. The van der Waals surface area contributed by atoms with Gasteiger partial charge in [0.05, 0.1) is 0 Å².